The summed E-state index contributed by atoms with van der Waals surface area (Å²) in [7, 11) is 2.83. The summed E-state index contributed by atoms with van der Waals surface area (Å²) in [6.07, 6.45) is -0.832. The lowest BCUT2D eigenvalue weighted by Gasteiger charge is -2.23. The van der Waals surface area contributed by atoms with E-state index in [4.69, 9.17) is 14.2 Å². The summed E-state index contributed by atoms with van der Waals surface area (Å²) in [4.78, 5) is 23.6. The highest BCUT2D eigenvalue weighted by Gasteiger charge is 2.31. The Morgan fingerprint density at radius 2 is 1.63 bits per heavy atom. The third-order valence-electron chi connectivity index (χ3n) is 3.96. The lowest BCUT2D eigenvalue weighted by Crippen LogP contribution is -2.18. The number of halogens is 1. The number of benzene rings is 2. The Balaban J connectivity index is 2.47. The highest BCUT2D eigenvalue weighted by atomic mass is 79.9. The average Bonchev–Trinajstić information content (AvgIpc) is 2.65. The molecule has 0 amide bonds. The topological polar surface area (TPSA) is 87.9 Å². The van der Waals surface area contributed by atoms with E-state index in [1.165, 1.54) is 26.4 Å². The summed E-state index contributed by atoms with van der Waals surface area (Å²) in [5, 5.41) is 11.6. The molecular weight excluding hydrogens is 418 g/mol. The van der Waals surface area contributed by atoms with Crippen molar-refractivity contribution >= 4 is 27.6 Å². The molecular formula is C19H20BrNO6. The third kappa shape index (κ3) is 4.77. The summed E-state index contributed by atoms with van der Waals surface area (Å²) in [5.74, 6) is -0.218. The Hall–Kier alpha value is -2.61. The van der Waals surface area contributed by atoms with Gasteiger partial charge in [0.25, 0.3) is 5.69 Å². The van der Waals surface area contributed by atoms with E-state index in [9.17, 15) is 14.9 Å². The number of nitro groups is 1. The molecule has 0 fully saturated rings. The van der Waals surface area contributed by atoms with Gasteiger partial charge in [-0.15, -0.1) is 0 Å². The standard InChI is InChI=1S/C19H20BrNO6/c1-11(2)18(27-19(22)12-5-7-13(20)8-6-12)14-9-16(25-3)17(26-4)10-15(14)21(23)24/h5-11,18H,1-4H3. The second-order valence-corrected chi connectivity index (χ2v) is 7.02. The number of methoxy groups -OCH3 is 2. The zero-order chi connectivity index (χ0) is 20.1. The summed E-state index contributed by atoms with van der Waals surface area (Å²) < 4.78 is 16.9. The van der Waals surface area contributed by atoms with Crippen molar-refractivity contribution in [2.45, 2.75) is 20.0 Å². The molecule has 0 spiro atoms. The van der Waals surface area contributed by atoms with Crippen LogP contribution in [0.1, 0.15) is 35.9 Å². The van der Waals surface area contributed by atoms with Gasteiger partial charge in [0.1, 0.15) is 6.10 Å². The Labute approximate surface area is 165 Å². The van der Waals surface area contributed by atoms with Crippen LogP contribution in [0.3, 0.4) is 0 Å². The van der Waals surface area contributed by atoms with Crippen molar-refractivity contribution in [3.63, 3.8) is 0 Å². The van der Waals surface area contributed by atoms with Crippen molar-refractivity contribution in [3.8, 4) is 11.5 Å². The van der Waals surface area contributed by atoms with Crippen molar-refractivity contribution in [3.05, 3.63) is 62.1 Å². The molecule has 7 nitrogen and oxygen atoms in total. The normalized spacial score (nSPS) is 11.8. The van der Waals surface area contributed by atoms with E-state index in [1.807, 2.05) is 13.8 Å². The summed E-state index contributed by atoms with van der Waals surface area (Å²) in [6, 6.07) is 9.44. The van der Waals surface area contributed by atoms with Crippen LogP contribution in [0.25, 0.3) is 0 Å². The first kappa shape index (κ1) is 20.7. The zero-order valence-corrected chi connectivity index (χ0v) is 17.0. The minimum atomic E-state index is -0.832. The van der Waals surface area contributed by atoms with Gasteiger partial charge < -0.3 is 14.2 Å². The number of hydrogen-bond donors (Lipinski definition) is 0. The van der Waals surface area contributed by atoms with E-state index < -0.39 is 17.0 Å². The van der Waals surface area contributed by atoms with Gasteiger partial charge in [-0.05, 0) is 36.2 Å². The third-order valence-corrected chi connectivity index (χ3v) is 4.48. The van der Waals surface area contributed by atoms with E-state index in [0.29, 0.717) is 11.3 Å². The summed E-state index contributed by atoms with van der Waals surface area (Å²) >= 11 is 3.31. The number of rotatable bonds is 7. The first-order chi connectivity index (χ1) is 12.8. The van der Waals surface area contributed by atoms with Gasteiger partial charge in [0.05, 0.1) is 36.3 Å². The molecule has 2 aromatic carbocycles. The monoisotopic (exact) mass is 437 g/mol. The van der Waals surface area contributed by atoms with Crippen LogP contribution < -0.4 is 9.47 Å². The molecule has 0 saturated heterocycles. The molecule has 1 unspecified atom stereocenters. The van der Waals surface area contributed by atoms with Crippen LogP contribution in [0.15, 0.2) is 40.9 Å². The Kier molecular flexibility index (Phi) is 6.79. The number of carbonyl (C=O) groups is 1. The molecule has 0 saturated carbocycles. The van der Waals surface area contributed by atoms with Crippen molar-refractivity contribution in [2.75, 3.05) is 14.2 Å². The molecule has 1 atom stereocenters. The summed E-state index contributed by atoms with van der Waals surface area (Å²) in [5.41, 5.74) is 0.403. The van der Waals surface area contributed by atoms with Gasteiger partial charge in [-0.2, -0.15) is 0 Å². The minimum Gasteiger partial charge on any atom is -0.493 e. The molecule has 0 heterocycles. The van der Waals surface area contributed by atoms with Gasteiger partial charge in [-0.25, -0.2) is 4.79 Å². The van der Waals surface area contributed by atoms with Gasteiger partial charge in [-0.3, -0.25) is 10.1 Å². The van der Waals surface area contributed by atoms with E-state index in [2.05, 4.69) is 15.9 Å². The first-order valence-electron chi connectivity index (χ1n) is 8.15. The molecule has 8 heteroatoms. The van der Waals surface area contributed by atoms with E-state index in [-0.39, 0.29) is 22.9 Å². The SMILES string of the molecule is COc1cc(C(OC(=O)c2ccc(Br)cc2)C(C)C)c([N+](=O)[O-])cc1OC. The van der Waals surface area contributed by atoms with Crippen LogP contribution >= 0.6 is 15.9 Å². The van der Waals surface area contributed by atoms with E-state index in [0.717, 1.165) is 4.47 Å². The number of hydrogen-bond acceptors (Lipinski definition) is 6. The minimum absolute atomic E-state index is 0.199. The van der Waals surface area contributed by atoms with Crippen LogP contribution in [0.4, 0.5) is 5.69 Å². The molecule has 2 aromatic rings. The van der Waals surface area contributed by atoms with Gasteiger partial charge in [0.2, 0.25) is 0 Å². The number of nitrogens with zero attached hydrogens (tertiary/aromatic N) is 1. The smallest absolute Gasteiger partial charge is 0.338 e. The molecule has 0 aliphatic carbocycles. The van der Waals surface area contributed by atoms with Gasteiger partial charge in [0, 0.05) is 4.47 Å². The largest absolute Gasteiger partial charge is 0.493 e. The quantitative estimate of drug-likeness (QED) is 0.346. The molecule has 2 rings (SSSR count). The van der Waals surface area contributed by atoms with Crippen molar-refractivity contribution in [2.24, 2.45) is 5.92 Å². The Bertz CT molecular complexity index is 835. The van der Waals surface area contributed by atoms with Gasteiger partial charge in [0.15, 0.2) is 11.5 Å². The molecule has 0 N–H and O–H groups in total. The fourth-order valence-electron chi connectivity index (χ4n) is 2.60. The lowest BCUT2D eigenvalue weighted by atomic mass is 9.96. The van der Waals surface area contributed by atoms with Crippen LogP contribution in [-0.4, -0.2) is 25.1 Å². The van der Waals surface area contributed by atoms with Crippen molar-refractivity contribution in [1.82, 2.24) is 0 Å². The highest BCUT2D eigenvalue weighted by molar-refractivity contribution is 9.10. The van der Waals surface area contributed by atoms with Gasteiger partial charge in [-0.1, -0.05) is 29.8 Å². The second kappa shape index (κ2) is 8.85. The lowest BCUT2D eigenvalue weighted by molar-refractivity contribution is -0.386. The van der Waals surface area contributed by atoms with Gasteiger partial charge >= 0.3 is 5.97 Å². The predicted octanol–water partition coefficient (Wildman–Crippen LogP) is 4.93. The predicted molar refractivity (Wildman–Crippen MR) is 103 cm³/mol. The zero-order valence-electron chi connectivity index (χ0n) is 15.4. The molecule has 0 aliphatic heterocycles. The van der Waals surface area contributed by atoms with Crippen LogP contribution in [0, 0.1) is 16.0 Å². The molecule has 27 heavy (non-hydrogen) atoms. The summed E-state index contributed by atoms with van der Waals surface area (Å²) in [6.45, 7) is 3.64. The molecule has 144 valence electrons. The van der Waals surface area contributed by atoms with E-state index >= 15 is 0 Å². The number of esters is 1. The number of nitro benzene ring substituents is 1. The maximum atomic E-state index is 12.5. The average molecular weight is 438 g/mol. The van der Waals surface area contributed by atoms with Crippen LogP contribution in [-0.2, 0) is 4.74 Å². The highest BCUT2D eigenvalue weighted by Crippen LogP contribution is 2.41. The molecule has 0 bridgehead atoms. The fraction of sp³-hybridized carbons (Fsp3) is 0.316. The number of carbonyl (C=O) groups excluding carboxylic acids is 1. The van der Waals surface area contributed by atoms with Crippen molar-refractivity contribution in [1.29, 1.82) is 0 Å². The Morgan fingerprint density at radius 3 is 2.11 bits per heavy atom. The fourth-order valence-corrected chi connectivity index (χ4v) is 2.86. The molecule has 0 radical (unpaired) electrons. The Morgan fingerprint density at radius 1 is 1.07 bits per heavy atom. The molecule has 0 aliphatic rings. The second-order valence-electron chi connectivity index (χ2n) is 6.10. The number of ether oxygens (including phenoxy) is 3. The van der Waals surface area contributed by atoms with Crippen molar-refractivity contribution < 1.29 is 23.9 Å². The van der Waals surface area contributed by atoms with Crippen LogP contribution in [0.5, 0.6) is 11.5 Å². The maximum Gasteiger partial charge on any atom is 0.338 e. The van der Waals surface area contributed by atoms with E-state index in [1.54, 1.807) is 24.3 Å². The maximum absolute atomic E-state index is 12.5. The first-order valence-corrected chi connectivity index (χ1v) is 8.94. The van der Waals surface area contributed by atoms with Crippen LogP contribution in [0.2, 0.25) is 0 Å². The molecule has 0 aromatic heterocycles.